The summed E-state index contributed by atoms with van der Waals surface area (Å²) in [6.07, 6.45) is 4.46. The number of fused-ring (bicyclic) bond motifs is 1. The zero-order valence-electron chi connectivity index (χ0n) is 16.0. The van der Waals surface area contributed by atoms with Crippen LogP contribution < -0.4 is 0 Å². The van der Waals surface area contributed by atoms with Crippen molar-refractivity contribution in [2.75, 3.05) is 13.1 Å². The van der Waals surface area contributed by atoms with Gasteiger partial charge in [-0.05, 0) is 48.4 Å². The molecule has 4 rings (SSSR count). The number of benzene rings is 2. The number of hydrogen-bond acceptors (Lipinski definition) is 4. The van der Waals surface area contributed by atoms with Gasteiger partial charge in [-0.25, -0.2) is 4.98 Å². The van der Waals surface area contributed by atoms with Gasteiger partial charge < -0.3 is 10.0 Å². The number of carbonyl (C=O) groups excluding carboxylic acids is 1. The van der Waals surface area contributed by atoms with Crippen LogP contribution in [-0.4, -0.2) is 34.0 Å². The molecule has 0 atom stereocenters. The van der Waals surface area contributed by atoms with Crippen LogP contribution in [0.5, 0.6) is 0 Å². The smallest absolute Gasteiger partial charge is 0.222 e. The third-order valence-electron chi connectivity index (χ3n) is 5.59. The van der Waals surface area contributed by atoms with Gasteiger partial charge in [0.25, 0.3) is 0 Å². The highest BCUT2D eigenvalue weighted by molar-refractivity contribution is 7.18. The fourth-order valence-electron chi connectivity index (χ4n) is 3.90. The monoisotopic (exact) mass is 394 g/mol. The number of piperidine rings is 1. The van der Waals surface area contributed by atoms with Gasteiger partial charge in [-0.3, -0.25) is 4.79 Å². The van der Waals surface area contributed by atoms with Crippen molar-refractivity contribution in [1.82, 2.24) is 9.88 Å². The van der Waals surface area contributed by atoms with Crippen molar-refractivity contribution in [2.45, 2.75) is 38.7 Å². The molecule has 0 aliphatic carbocycles. The number of rotatable bonds is 6. The summed E-state index contributed by atoms with van der Waals surface area (Å²) in [7, 11) is 0. The van der Waals surface area contributed by atoms with Gasteiger partial charge in [0.2, 0.25) is 5.91 Å². The number of aryl methyl sites for hydroxylation is 1. The van der Waals surface area contributed by atoms with Crippen molar-refractivity contribution in [3.8, 4) is 0 Å². The molecule has 0 radical (unpaired) electrons. The summed E-state index contributed by atoms with van der Waals surface area (Å²) in [6.45, 7) is 1.81. The van der Waals surface area contributed by atoms with Gasteiger partial charge in [-0.1, -0.05) is 36.4 Å². The summed E-state index contributed by atoms with van der Waals surface area (Å²) >= 11 is 1.69. The fourth-order valence-corrected chi connectivity index (χ4v) is 4.87. The van der Waals surface area contributed by atoms with E-state index in [9.17, 15) is 4.79 Å². The van der Waals surface area contributed by atoms with E-state index in [0.29, 0.717) is 12.3 Å². The summed E-state index contributed by atoms with van der Waals surface area (Å²) in [5.41, 5.74) is 3.30. The standard InChI is InChI=1S/C23H26N2O2S/c26-16-19-7-5-17(6-8-19)15-18-11-13-25(14-12-18)23(27)10-9-22-24-20-3-1-2-4-21(20)28-22/h1-8,18,26H,9-16H2. The van der Waals surface area contributed by atoms with Crippen molar-refractivity contribution >= 4 is 27.5 Å². The van der Waals surface area contributed by atoms with Crippen molar-refractivity contribution in [1.29, 1.82) is 0 Å². The highest BCUT2D eigenvalue weighted by Gasteiger charge is 2.23. The van der Waals surface area contributed by atoms with E-state index in [4.69, 9.17) is 5.11 Å². The maximum absolute atomic E-state index is 12.6. The van der Waals surface area contributed by atoms with Gasteiger partial charge in [0.15, 0.2) is 0 Å². The maximum atomic E-state index is 12.6. The highest BCUT2D eigenvalue weighted by atomic mass is 32.1. The van der Waals surface area contributed by atoms with E-state index in [1.165, 1.54) is 10.3 Å². The fraction of sp³-hybridized carbons (Fsp3) is 0.391. The van der Waals surface area contributed by atoms with Crippen LogP contribution in [0.3, 0.4) is 0 Å². The predicted octanol–water partition coefficient (Wildman–Crippen LogP) is 4.20. The number of hydrogen-bond donors (Lipinski definition) is 1. The van der Waals surface area contributed by atoms with Gasteiger partial charge in [-0.15, -0.1) is 11.3 Å². The lowest BCUT2D eigenvalue weighted by atomic mass is 9.90. The van der Waals surface area contributed by atoms with Gasteiger partial charge in [0.05, 0.1) is 21.8 Å². The first-order valence-electron chi connectivity index (χ1n) is 10.0. The van der Waals surface area contributed by atoms with Gasteiger partial charge >= 0.3 is 0 Å². The number of carbonyl (C=O) groups is 1. The van der Waals surface area contributed by atoms with Crippen LogP contribution in [0.1, 0.15) is 35.4 Å². The zero-order chi connectivity index (χ0) is 19.3. The molecule has 0 saturated carbocycles. The Morgan fingerprint density at radius 3 is 2.50 bits per heavy atom. The number of aromatic nitrogens is 1. The van der Waals surface area contributed by atoms with Gasteiger partial charge in [-0.2, -0.15) is 0 Å². The molecule has 0 bridgehead atoms. The molecule has 1 aliphatic heterocycles. The van der Waals surface area contributed by atoms with Crippen LogP contribution >= 0.6 is 11.3 Å². The molecule has 0 unspecified atom stereocenters. The molecule has 3 aromatic rings. The van der Waals surface area contributed by atoms with Crippen molar-refractivity contribution in [3.63, 3.8) is 0 Å². The molecular formula is C23H26N2O2S. The van der Waals surface area contributed by atoms with E-state index < -0.39 is 0 Å². The van der Waals surface area contributed by atoms with Crippen LogP contribution in [0.25, 0.3) is 10.2 Å². The molecule has 1 fully saturated rings. The molecule has 146 valence electrons. The summed E-state index contributed by atoms with van der Waals surface area (Å²) in [5.74, 6) is 0.887. The number of nitrogens with zero attached hydrogens (tertiary/aromatic N) is 2. The Balaban J connectivity index is 1.24. The molecule has 1 N–H and O–H groups in total. The Labute approximate surface area is 169 Å². The SMILES string of the molecule is O=C(CCc1nc2ccccc2s1)N1CCC(Cc2ccc(CO)cc2)CC1. The van der Waals surface area contributed by atoms with Crippen LogP contribution in [-0.2, 0) is 24.2 Å². The number of aliphatic hydroxyl groups is 1. The summed E-state index contributed by atoms with van der Waals surface area (Å²) < 4.78 is 1.19. The topological polar surface area (TPSA) is 53.4 Å². The van der Waals surface area contributed by atoms with Crippen LogP contribution in [0.4, 0.5) is 0 Å². The third kappa shape index (κ3) is 4.59. The number of thiazole rings is 1. The number of amides is 1. The second kappa shape index (κ2) is 8.84. The van der Waals surface area contributed by atoms with E-state index in [-0.39, 0.29) is 12.5 Å². The first kappa shape index (κ1) is 19.1. The van der Waals surface area contributed by atoms with E-state index in [0.717, 1.165) is 54.9 Å². The molecule has 1 aliphatic rings. The molecule has 2 aromatic carbocycles. The molecule has 0 spiro atoms. The predicted molar refractivity (Wildman–Crippen MR) is 113 cm³/mol. The summed E-state index contributed by atoms with van der Waals surface area (Å²) in [6, 6.07) is 16.4. The quantitative estimate of drug-likeness (QED) is 0.682. The van der Waals surface area contributed by atoms with Crippen molar-refractivity contribution in [3.05, 3.63) is 64.7 Å². The van der Waals surface area contributed by atoms with Crippen LogP contribution in [0.2, 0.25) is 0 Å². The van der Waals surface area contributed by atoms with Gasteiger partial charge in [0, 0.05) is 25.9 Å². The minimum Gasteiger partial charge on any atom is -0.392 e. The third-order valence-corrected chi connectivity index (χ3v) is 6.68. The Bertz CT molecular complexity index is 894. The number of para-hydroxylation sites is 1. The van der Waals surface area contributed by atoms with Crippen LogP contribution in [0.15, 0.2) is 48.5 Å². The zero-order valence-corrected chi connectivity index (χ0v) is 16.8. The average Bonchev–Trinajstić information content (AvgIpc) is 3.16. The van der Waals surface area contributed by atoms with Crippen LogP contribution in [0, 0.1) is 5.92 Å². The minimum absolute atomic E-state index is 0.0950. The lowest BCUT2D eigenvalue weighted by Gasteiger charge is -2.32. The summed E-state index contributed by atoms with van der Waals surface area (Å²) in [5, 5.41) is 10.2. The Kier molecular flexibility index (Phi) is 6.03. The molecule has 4 nitrogen and oxygen atoms in total. The average molecular weight is 395 g/mol. The van der Waals surface area contributed by atoms with E-state index in [1.54, 1.807) is 11.3 Å². The molecule has 2 heterocycles. The minimum atomic E-state index is 0.0950. The Morgan fingerprint density at radius 1 is 1.07 bits per heavy atom. The molecule has 1 amide bonds. The second-order valence-corrected chi connectivity index (χ2v) is 8.69. The first-order valence-corrected chi connectivity index (χ1v) is 10.8. The Morgan fingerprint density at radius 2 is 1.79 bits per heavy atom. The van der Waals surface area contributed by atoms with Crippen molar-refractivity contribution in [2.24, 2.45) is 5.92 Å². The van der Waals surface area contributed by atoms with E-state index in [1.807, 2.05) is 35.2 Å². The molecule has 1 aromatic heterocycles. The van der Waals surface area contributed by atoms with E-state index in [2.05, 4.69) is 23.2 Å². The molecule has 28 heavy (non-hydrogen) atoms. The molecule has 1 saturated heterocycles. The van der Waals surface area contributed by atoms with Gasteiger partial charge in [0.1, 0.15) is 0 Å². The number of likely N-dealkylation sites (tertiary alicyclic amines) is 1. The lowest BCUT2D eigenvalue weighted by Crippen LogP contribution is -2.39. The van der Waals surface area contributed by atoms with Crippen molar-refractivity contribution < 1.29 is 9.90 Å². The lowest BCUT2D eigenvalue weighted by molar-refractivity contribution is -0.132. The first-order chi connectivity index (χ1) is 13.7. The molecular weight excluding hydrogens is 368 g/mol. The highest BCUT2D eigenvalue weighted by Crippen LogP contribution is 2.25. The number of aliphatic hydroxyl groups excluding tert-OH is 1. The molecule has 5 heteroatoms. The largest absolute Gasteiger partial charge is 0.392 e. The normalized spacial score (nSPS) is 15.2. The second-order valence-electron chi connectivity index (χ2n) is 7.58. The van der Waals surface area contributed by atoms with E-state index >= 15 is 0 Å². The Hall–Kier alpha value is -2.24. The maximum Gasteiger partial charge on any atom is 0.222 e. The summed E-state index contributed by atoms with van der Waals surface area (Å²) in [4.78, 5) is 19.3.